The van der Waals surface area contributed by atoms with Crippen LogP contribution >= 0.6 is 0 Å². The summed E-state index contributed by atoms with van der Waals surface area (Å²) in [5, 5.41) is 2.94. The highest BCUT2D eigenvalue weighted by Crippen LogP contribution is 2.26. The van der Waals surface area contributed by atoms with E-state index in [2.05, 4.69) is 5.32 Å². The first-order valence-corrected chi connectivity index (χ1v) is 8.28. The van der Waals surface area contributed by atoms with Crippen LogP contribution in [0.25, 0.3) is 0 Å². The molecule has 0 aromatic heterocycles. The van der Waals surface area contributed by atoms with Crippen LogP contribution < -0.4 is 5.32 Å². The fourth-order valence-electron chi connectivity index (χ4n) is 3.33. The molecule has 0 aromatic carbocycles. The van der Waals surface area contributed by atoms with Crippen molar-refractivity contribution in [2.75, 3.05) is 13.2 Å². The summed E-state index contributed by atoms with van der Waals surface area (Å²) in [6.45, 7) is 7.16. The van der Waals surface area contributed by atoms with Gasteiger partial charge in [0.25, 0.3) is 0 Å². The zero-order chi connectivity index (χ0) is 15.5. The summed E-state index contributed by atoms with van der Waals surface area (Å²) in [6.07, 6.45) is 5.73. The number of rotatable bonds is 5. The maximum Gasteiger partial charge on any atom is 0.248 e. The molecule has 21 heavy (non-hydrogen) atoms. The fraction of sp³-hybridized carbons (Fsp3) is 0.875. The molecule has 2 amide bonds. The van der Waals surface area contributed by atoms with Crippen LogP contribution in [0.15, 0.2) is 0 Å². The highest BCUT2D eigenvalue weighted by molar-refractivity contribution is 5.99. The lowest BCUT2D eigenvalue weighted by molar-refractivity contribution is -0.155. The van der Waals surface area contributed by atoms with E-state index in [-0.39, 0.29) is 24.0 Å². The van der Waals surface area contributed by atoms with Crippen molar-refractivity contribution in [2.45, 2.75) is 77.0 Å². The van der Waals surface area contributed by atoms with Gasteiger partial charge in [0.05, 0.1) is 6.10 Å². The summed E-state index contributed by atoms with van der Waals surface area (Å²) in [5.74, 6) is 0.0262. The van der Waals surface area contributed by atoms with Crippen molar-refractivity contribution >= 4 is 11.8 Å². The molecule has 0 bridgehead atoms. The van der Waals surface area contributed by atoms with Crippen molar-refractivity contribution < 1.29 is 14.3 Å². The second-order valence-corrected chi connectivity index (χ2v) is 6.23. The molecule has 0 aromatic rings. The van der Waals surface area contributed by atoms with Gasteiger partial charge in [0.2, 0.25) is 11.8 Å². The summed E-state index contributed by atoms with van der Waals surface area (Å²) < 4.78 is 5.73. The Morgan fingerprint density at radius 2 is 2.00 bits per heavy atom. The molecule has 2 aliphatic heterocycles. The molecule has 2 aliphatic rings. The van der Waals surface area contributed by atoms with Gasteiger partial charge in [-0.2, -0.15) is 0 Å². The van der Waals surface area contributed by atoms with E-state index in [9.17, 15) is 9.59 Å². The molecule has 5 heteroatoms. The van der Waals surface area contributed by atoms with Crippen LogP contribution in [0.1, 0.15) is 59.3 Å². The van der Waals surface area contributed by atoms with Crippen LogP contribution in [-0.4, -0.2) is 47.6 Å². The first kappa shape index (κ1) is 16.3. The number of nitrogens with zero attached hydrogens (tertiary/aromatic N) is 1. The largest absolute Gasteiger partial charge is 0.378 e. The highest BCUT2D eigenvalue weighted by atomic mass is 16.5. The minimum atomic E-state index is -0.711. The number of carbonyl (C=O) groups is 2. The molecule has 0 spiro atoms. The molecule has 2 rings (SSSR count). The standard InChI is InChI=1S/C16H28N2O3/c1-4-16(5-2)15(20)18(12(3)14(19)17-16)10-9-13-8-6-7-11-21-13/h12-13H,4-11H2,1-3H3,(H,17,19). The quantitative estimate of drug-likeness (QED) is 0.842. The lowest BCUT2D eigenvalue weighted by atomic mass is 9.87. The Kier molecular flexibility index (Phi) is 5.25. The average Bonchev–Trinajstić information content (AvgIpc) is 2.52. The molecule has 0 aliphatic carbocycles. The van der Waals surface area contributed by atoms with Crippen LogP contribution in [0, 0.1) is 0 Å². The number of ether oxygens (including phenoxy) is 1. The van der Waals surface area contributed by atoms with Gasteiger partial charge in [-0.15, -0.1) is 0 Å². The van der Waals surface area contributed by atoms with E-state index in [1.54, 1.807) is 4.90 Å². The molecule has 2 unspecified atom stereocenters. The second kappa shape index (κ2) is 6.77. The summed E-state index contributed by atoms with van der Waals surface area (Å²) >= 11 is 0. The molecule has 2 saturated heterocycles. The average molecular weight is 296 g/mol. The smallest absolute Gasteiger partial charge is 0.248 e. The number of nitrogens with one attached hydrogen (secondary N) is 1. The van der Waals surface area contributed by atoms with Crippen LogP contribution in [0.3, 0.4) is 0 Å². The predicted octanol–water partition coefficient (Wildman–Crippen LogP) is 1.85. The van der Waals surface area contributed by atoms with Crippen LogP contribution in [0.4, 0.5) is 0 Å². The van der Waals surface area contributed by atoms with Crippen molar-refractivity contribution in [2.24, 2.45) is 0 Å². The molecule has 120 valence electrons. The summed E-state index contributed by atoms with van der Waals surface area (Å²) in [7, 11) is 0. The first-order chi connectivity index (χ1) is 10.0. The molecule has 2 heterocycles. The molecular formula is C16H28N2O3. The van der Waals surface area contributed by atoms with Crippen molar-refractivity contribution in [3.63, 3.8) is 0 Å². The van der Waals surface area contributed by atoms with Gasteiger partial charge in [-0.05, 0) is 45.4 Å². The van der Waals surface area contributed by atoms with Gasteiger partial charge in [0.1, 0.15) is 11.6 Å². The maximum atomic E-state index is 12.8. The monoisotopic (exact) mass is 296 g/mol. The Balaban J connectivity index is 2.04. The van der Waals surface area contributed by atoms with Gasteiger partial charge in [-0.3, -0.25) is 9.59 Å². The Bertz CT molecular complexity index is 387. The topological polar surface area (TPSA) is 58.6 Å². The van der Waals surface area contributed by atoms with E-state index in [0.717, 1.165) is 25.9 Å². The number of hydrogen-bond donors (Lipinski definition) is 1. The van der Waals surface area contributed by atoms with Crippen LogP contribution in [-0.2, 0) is 14.3 Å². The van der Waals surface area contributed by atoms with E-state index < -0.39 is 5.54 Å². The first-order valence-electron chi connectivity index (χ1n) is 8.28. The fourth-order valence-corrected chi connectivity index (χ4v) is 3.33. The van der Waals surface area contributed by atoms with Crippen molar-refractivity contribution in [1.29, 1.82) is 0 Å². The third-order valence-electron chi connectivity index (χ3n) is 5.05. The molecule has 0 radical (unpaired) electrons. The van der Waals surface area contributed by atoms with Gasteiger partial charge in [-0.1, -0.05) is 13.8 Å². The number of carbonyl (C=O) groups excluding carboxylic acids is 2. The van der Waals surface area contributed by atoms with Gasteiger partial charge < -0.3 is 15.0 Å². The lowest BCUT2D eigenvalue weighted by Crippen LogP contribution is -2.69. The number of hydrogen-bond acceptors (Lipinski definition) is 3. The predicted molar refractivity (Wildman–Crippen MR) is 80.8 cm³/mol. The Hall–Kier alpha value is -1.10. The molecule has 2 atom stereocenters. The lowest BCUT2D eigenvalue weighted by Gasteiger charge is -2.45. The second-order valence-electron chi connectivity index (χ2n) is 6.23. The third-order valence-corrected chi connectivity index (χ3v) is 5.05. The Labute approximate surface area is 127 Å². The summed E-state index contributed by atoms with van der Waals surface area (Å²) in [4.78, 5) is 26.8. The van der Waals surface area contributed by atoms with Crippen molar-refractivity contribution in [3.05, 3.63) is 0 Å². The van der Waals surface area contributed by atoms with Gasteiger partial charge in [0, 0.05) is 13.2 Å². The molecule has 5 nitrogen and oxygen atoms in total. The van der Waals surface area contributed by atoms with Gasteiger partial charge >= 0.3 is 0 Å². The minimum Gasteiger partial charge on any atom is -0.378 e. The van der Waals surface area contributed by atoms with E-state index in [1.807, 2.05) is 20.8 Å². The number of piperazine rings is 1. The molecule has 1 N–H and O–H groups in total. The highest BCUT2D eigenvalue weighted by Gasteiger charge is 2.47. The molecule has 2 fully saturated rings. The molecular weight excluding hydrogens is 268 g/mol. The zero-order valence-electron chi connectivity index (χ0n) is 13.5. The normalized spacial score (nSPS) is 29.4. The van der Waals surface area contributed by atoms with Gasteiger partial charge in [0.15, 0.2) is 0 Å². The van der Waals surface area contributed by atoms with E-state index in [4.69, 9.17) is 4.74 Å². The van der Waals surface area contributed by atoms with Crippen LogP contribution in [0.5, 0.6) is 0 Å². The van der Waals surface area contributed by atoms with Crippen LogP contribution in [0.2, 0.25) is 0 Å². The minimum absolute atomic E-state index is 0.0390. The van der Waals surface area contributed by atoms with E-state index in [0.29, 0.717) is 19.4 Å². The summed E-state index contributed by atoms with van der Waals surface area (Å²) in [5.41, 5.74) is -0.711. The van der Waals surface area contributed by atoms with E-state index >= 15 is 0 Å². The zero-order valence-corrected chi connectivity index (χ0v) is 13.5. The Morgan fingerprint density at radius 3 is 2.57 bits per heavy atom. The molecule has 0 saturated carbocycles. The van der Waals surface area contributed by atoms with E-state index in [1.165, 1.54) is 6.42 Å². The van der Waals surface area contributed by atoms with Gasteiger partial charge in [-0.25, -0.2) is 0 Å². The number of amides is 2. The van der Waals surface area contributed by atoms with Crippen molar-refractivity contribution in [3.8, 4) is 0 Å². The Morgan fingerprint density at radius 1 is 1.29 bits per heavy atom. The summed E-state index contributed by atoms with van der Waals surface area (Å²) in [6, 6.07) is -0.382. The van der Waals surface area contributed by atoms with Crippen molar-refractivity contribution in [1.82, 2.24) is 10.2 Å². The third kappa shape index (κ3) is 3.23. The maximum absolute atomic E-state index is 12.8. The SMILES string of the molecule is CCC1(CC)NC(=O)C(C)N(CCC2CCCCO2)C1=O.